The first-order chi connectivity index (χ1) is 12.5. The number of methoxy groups -OCH3 is 2. The van der Waals surface area contributed by atoms with Crippen LogP contribution in [0, 0.1) is 0 Å². The number of carboxylic acid groups (broad SMARTS) is 1. The third kappa shape index (κ3) is 3.57. The Morgan fingerprint density at radius 3 is 2.77 bits per heavy atom. The van der Waals surface area contributed by atoms with Crippen molar-refractivity contribution in [2.24, 2.45) is 0 Å². The molecule has 2 aromatic rings. The lowest BCUT2D eigenvalue weighted by Crippen LogP contribution is -2.42. The van der Waals surface area contributed by atoms with Crippen molar-refractivity contribution in [2.75, 3.05) is 26.1 Å². The van der Waals surface area contributed by atoms with Crippen LogP contribution >= 0.6 is 11.3 Å². The van der Waals surface area contributed by atoms with Gasteiger partial charge in [0.05, 0.1) is 19.9 Å². The molecule has 0 bridgehead atoms. The van der Waals surface area contributed by atoms with E-state index in [9.17, 15) is 9.59 Å². The second-order valence-corrected chi connectivity index (χ2v) is 6.59. The SMILES string of the molecule is COc1ccc(-c2csc(NC(=O)C3CCCN3C(=O)O)n2)cc1OC. The van der Waals surface area contributed by atoms with Crippen molar-refractivity contribution in [3.8, 4) is 22.8 Å². The molecule has 0 aliphatic carbocycles. The fourth-order valence-electron chi connectivity index (χ4n) is 2.92. The van der Waals surface area contributed by atoms with Crippen LogP contribution in [0.3, 0.4) is 0 Å². The molecule has 2 amide bonds. The van der Waals surface area contributed by atoms with Crippen LogP contribution in [0.25, 0.3) is 11.3 Å². The van der Waals surface area contributed by atoms with E-state index >= 15 is 0 Å². The molecule has 1 unspecified atom stereocenters. The second-order valence-electron chi connectivity index (χ2n) is 5.73. The zero-order valence-electron chi connectivity index (χ0n) is 14.4. The lowest BCUT2D eigenvalue weighted by Gasteiger charge is -2.19. The molecule has 1 aromatic carbocycles. The predicted octanol–water partition coefficient (Wildman–Crippen LogP) is 2.91. The number of ether oxygens (including phenoxy) is 2. The average molecular weight is 377 g/mol. The molecule has 26 heavy (non-hydrogen) atoms. The Hall–Kier alpha value is -2.81. The van der Waals surface area contributed by atoms with Gasteiger partial charge in [-0.3, -0.25) is 9.69 Å². The molecule has 1 aromatic heterocycles. The van der Waals surface area contributed by atoms with Gasteiger partial charge in [0, 0.05) is 17.5 Å². The third-order valence-corrected chi connectivity index (χ3v) is 4.97. The first kappa shape index (κ1) is 18.0. The number of benzene rings is 1. The number of carbonyl (C=O) groups excluding carboxylic acids is 1. The molecular weight excluding hydrogens is 358 g/mol. The van der Waals surface area contributed by atoms with Crippen LogP contribution in [0.2, 0.25) is 0 Å². The molecule has 1 saturated heterocycles. The number of nitrogens with one attached hydrogen (secondary N) is 1. The minimum absolute atomic E-state index is 0.349. The Labute approximate surface area is 154 Å². The Morgan fingerprint density at radius 2 is 2.08 bits per heavy atom. The highest BCUT2D eigenvalue weighted by Gasteiger charge is 2.34. The van der Waals surface area contributed by atoms with Gasteiger partial charge < -0.3 is 19.9 Å². The number of likely N-dealkylation sites (tertiary alicyclic amines) is 1. The summed E-state index contributed by atoms with van der Waals surface area (Å²) in [6.45, 7) is 0.377. The maximum Gasteiger partial charge on any atom is 0.407 e. The van der Waals surface area contributed by atoms with Gasteiger partial charge in [-0.15, -0.1) is 11.3 Å². The number of aromatic nitrogens is 1. The van der Waals surface area contributed by atoms with E-state index in [0.717, 1.165) is 10.5 Å². The largest absolute Gasteiger partial charge is 0.493 e. The van der Waals surface area contributed by atoms with E-state index in [4.69, 9.17) is 14.6 Å². The summed E-state index contributed by atoms with van der Waals surface area (Å²) >= 11 is 1.28. The van der Waals surface area contributed by atoms with Crippen molar-refractivity contribution in [2.45, 2.75) is 18.9 Å². The predicted molar refractivity (Wildman–Crippen MR) is 97.0 cm³/mol. The molecular formula is C17H19N3O5S. The van der Waals surface area contributed by atoms with Gasteiger partial charge in [-0.1, -0.05) is 0 Å². The van der Waals surface area contributed by atoms with Crippen LogP contribution in [0.15, 0.2) is 23.6 Å². The normalized spacial score (nSPS) is 16.4. The van der Waals surface area contributed by atoms with Crippen molar-refractivity contribution in [1.29, 1.82) is 0 Å². The molecule has 1 atom stereocenters. The van der Waals surface area contributed by atoms with Crippen LogP contribution in [-0.4, -0.2) is 53.8 Å². The fourth-order valence-corrected chi connectivity index (χ4v) is 3.64. The van der Waals surface area contributed by atoms with Gasteiger partial charge in [-0.05, 0) is 31.0 Å². The minimum Gasteiger partial charge on any atom is -0.493 e. The van der Waals surface area contributed by atoms with E-state index in [1.165, 1.54) is 11.3 Å². The van der Waals surface area contributed by atoms with Crippen LogP contribution in [0.4, 0.5) is 9.93 Å². The molecule has 2 heterocycles. The summed E-state index contributed by atoms with van der Waals surface area (Å²) in [6, 6.07) is 4.78. The smallest absolute Gasteiger partial charge is 0.407 e. The molecule has 9 heteroatoms. The summed E-state index contributed by atoms with van der Waals surface area (Å²) in [6.07, 6.45) is 0.123. The molecule has 8 nitrogen and oxygen atoms in total. The van der Waals surface area contributed by atoms with E-state index in [0.29, 0.717) is 41.7 Å². The third-order valence-electron chi connectivity index (χ3n) is 4.21. The van der Waals surface area contributed by atoms with Gasteiger partial charge >= 0.3 is 6.09 Å². The van der Waals surface area contributed by atoms with Gasteiger partial charge in [-0.25, -0.2) is 9.78 Å². The first-order valence-corrected chi connectivity index (χ1v) is 8.89. The Morgan fingerprint density at radius 1 is 1.31 bits per heavy atom. The summed E-state index contributed by atoms with van der Waals surface area (Å²) in [5, 5.41) is 14.1. The summed E-state index contributed by atoms with van der Waals surface area (Å²) < 4.78 is 10.5. The highest BCUT2D eigenvalue weighted by atomic mass is 32.1. The number of rotatable bonds is 5. The number of hydrogen-bond acceptors (Lipinski definition) is 6. The highest BCUT2D eigenvalue weighted by molar-refractivity contribution is 7.14. The number of anilines is 1. The van der Waals surface area contributed by atoms with E-state index in [1.54, 1.807) is 20.3 Å². The van der Waals surface area contributed by atoms with Gasteiger partial charge in [0.1, 0.15) is 6.04 Å². The second kappa shape index (κ2) is 7.61. The van der Waals surface area contributed by atoms with Crippen LogP contribution < -0.4 is 14.8 Å². The van der Waals surface area contributed by atoms with Crippen molar-refractivity contribution in [3.63, 3.8) is 0 Å². The van der Waals surface area contributed by atoms with Crippen molar-refractivity contribution < 1.29 is 24.2 Å². The highest BCUT2D eigenvalue weighted by Crippen LogP contribution is 2.33. The molecule has 138 valence electrons. The number of amides is 2. The molecule has 0 radical (unpaired) electrons. The monoisotopic (exact) mass is 377 g/mol. The standard InChI is InChI=1S/C17H19N3O5S/c1-24-13-6-5-10(8-14(13)25-2)11-9-26-16(18-11)19-15(21)12-4-3-7-20(12)17(22)23/h5-6,8-9,12H,3-4,7H2,1-2H3,(H,22,23)(H,18,19,21). The van der Waals surface area contributed by atoms with Gasteiger partial charge in [0.15, 0.2) is 16.6 Å². The number of nitrogens with zero attached hydrogens (tertiary/aromatic N) is 2. The van der Waals surface area contributed by atoms with Crippen molar-refractivity contribution in [3.05, 3.63) is 23.6 Å². The molecule has 3 rings (SSSR count). The quantitative estimate of drug-likeness (QED) is 0.831. The molecule has 0 saturated carbocycles. The topological polar surface area (TPSA) is 101 Å². The number of carbonyl (C=O) groups is 2. The maximum atomic E-state index is 12.4. The van der Waals surface area contributed by atoms with E-state index < -0.39 is 12.1 Å². The van der Waals surface area contributed by atoms with Gasteiger partial charge in [0.2, 0.25) is 5.91 Å². The molecule has 1 fully saturated rings. The Bertz CT molecular complexity index is 822. The zero-order valence-corrected chi connectivity index (χ0v) is 15.2. The number of thiazole rings is 1. The molecule has 1 aliphatic rings. The lowest BCUT2D eigenvalue weighted by molar-refractivity contribution is -0.119. The van der Waals surface area contributed by atoms with E-state index in [2.05, 4.69) is 10.3 Å². The number of hydrogen-bond donors (Lipinski definition) is 2. The Kier molecular flexibility index (Phi) is 5.27. The van der Waals surface area contributed by atoms with Crippen molar-refractivity contribution >= 4 is 28.5 Å². The molecule has 1 aliphatic heterocycles. The van der Waals surface area contributed by atoms with Crippen LogP contribution in [0.5, 0.6) is 11.5 Å². The zero-order chi connectivity index (χ0) is 18.7. The van der Waals surface area contributed by atoms with E-state index in [1.807, 2.05) is 17.5 Å². The maximum absolute atomic E-state index is 12.4. The Balaban J connectivity index is 1.74. The minimum atomic E-state index is -1.08. The summed E-state index contributed by atoms with van der Waals surface area (Å²) in [7, 11) is 3.13. The van der Waals surface area contributed by atoms with E-state index in [-0.39, 0.29) is 5.91 Å². The molecule has 2 N–H and O–H groups in total. The average Bonchev–Trinajstić information content (AvgIpc) is 3.30. The summed E-state index contributed by atoms with van der Waals surface area (Å²) in [4.78, 5) is 29.1. The lowest BCUT2D eigenvalue weighted by atomic mass is 10.1. The summed E-state index contributed by atoms with van der Waals surface area (Å²) in [5.41, 5.74) is 1.51. The van der Waals surface area contributed by atoms with Crippen molar-refractivity contribution in [1.82, 2.24) is 9.88 Å². The summed E-state index contributed by atoms with van der Waals surface area (Å²) in [5.74, 6) is 0.861. The van der Waals surface area contributed by atoms with Crippen LogP contribution in [0.1, 0.15) is 12.8 Å². The fraction of sp³-hybridized carbons (Fsp3) is 0.353. The van der Waals surface area contributed by atoms with Gasteiger partial charge in [0.25, 0.3) is 0 Å². The first-order valence-electron chi connectivity index (χ1n) is 8.02. The molecule has 0 spiro atoms. The van der Waals surface area contributed by atoms with Crippen LogP contribution in [-0.2, 0) is 4.79 Å². The van der Waals surface area contributed by atoms with Gasteiger partial charge in [-0.2, -0.15) is 0 Å².